The van der Waals surface area contributed by atoms with Gasteiger partial charge in [0.15, 0.2) is 0 Å². The van der Waals surface area contributed by atoms with E-state index in [1.165, 1.54) is 4.90 Å². The number of carbonyl (C=O) groups is 2. The number of sulfonamides is 1. The maximum Gasteiger partial charge on any atom is 0.244 e. The molecule has 192 valence electrons. The van der Waals surface area contributed by atoms with E-state index >= 15 is 0 Å². The van der Waals surface area contributed by atoms with Crippen molar-refractivity contribution in [3.05, 3.63) is 65.2 Å². The number of aryl methyl sites for hydroxylation is 2. The Morgan fingerprint density at radius 3 is 2.09 bits per heavy atom. The van der Waals surface area contributed by atoms with Gasteiger partial charge in [0.2, 0.25) is 21.8 Å². The van der Waals surface area contributed by atoms with Gasteiger partial charge in [0.1, 0.15) is 12.6 Å². The molecule has 2 rings (SSSR count). The molecule has 0 bridgehead atoms. The summed E-state index contributed by atoms with van der Waals surface area (Å²) in [6, 6.07) is 14.6. The highest BCUT2D eigenvalue weighted by atomic mass is 32.2. The van der Waals surface area contributed by atoms with Crippen LogP contribution in [0.2, 0.25) is 0 Å². The molecule has 0 saturated carbocycles. The quantitative estimate of drug-likeness (QED) is 0.481. The molecule has 8 heteroatoms. The van der Waals surface area contributed by atoms with Crippen LogP contribution >= 0.6 is 0 Å². The average molecular weight is 502 g/mol. The molecule has 1 N–H and O–H groups in total. The van der Waals surface area contributed by atoms with Gasteiger partial charge >= 0.3 is 0 Å². The molecule has 0 radical (unpaired) electrons. The SMILES string of the molecule is CC[C@@H](C(=O)NCC(C)C)N(CCc1ccccc1)C(=O)CN(c1c(C)cccc1C)S(C)(=O)=O. The fraction of sp³-hybridized carbons (Fsp3) is 0.481. The van der Waals surface area contributed by atoms with Crippen molar-refractivity contribution in [2.45, 2.75) is 53.5 Å². The summed E-state index contributed by atoms with van der Waals surface area (Å²) < 4.78 is 26.8. The zero-order chi connectivity index (χ0) is 26.2. The van der Waals surface area contributed by atoms with Crippen LogP contribution in [0.4, 0.5) is 5.69 Å². The molecule has 2 amide bonds. The molecular formula is C27H39N3O4S. The standard InChI is InChI=1S/C27H39N3O4S/c1-7-24(27(32)28-18-20(2)3)29(17-16-23-14-9-8-10-15-23)25(31)19-30(35(6,33)34)26-21(4)12-11-13-22(26)5/h8-15,20,24H,7,16-19H2,1-6H3,(H,28,32)/t24-/m0/s1. The van der Waals surface area contributed by atoms with Crippen LogP contribution in [0.15, 0.2) is 48.5 Å². The highest BCUT2D eigenvalue weighted by Crippen LogP contribution is 2.27. The van der Waals surface area contributed by atoms with Crippen LogP contribution in [-0.2, 0) is 26.0 Å². The van der Waals surface area contributed by atoms with Crippen molar-refractivity contribution in [1.29, 1.82) is 0 Å². The van der Waals surface area contributed by atoms with E-state index in [2.05, 4.69) is 5.32 Å². The molecule has 7 nitrogen and oxygen atoms in total. The fourth-order valence-electron chi connectivity index (χ4n) is 4.09. The van der Waals surface area contributed by atoms with Gasteiger partial charge in [-0.3, -0.25) is 13.9 Å². The Morgan fingerprint density at radius 2 is 1.57 bits per heavy atom. The summed E-state index contributed by atoms with van der Waals surface area (Å²) in [5.41, 5.74) is 3.07. The van der Waals surface area contributed by atoms with Crippen LogP contribution < -0.4 is 9.62 Å². The van der Waals surface area contributed by atoms with Crippen molar-refractivity contribution in [3.8, 4) is 0 Å². The molecule has 0 saturated heterocycles. The predicted molar refractivity (Wildman–Crippen MR) is 142 cm³/mol. The third kappa shape index (κ3) is 8.09. The van der Waals surface area contributed by atoms with Crippen molar-refractivity contribution < 1.29 is 18.0 Å². The number of carbonyl (C=O) groups excluding carboxylic acids is 2. The number of nitrogens with one attached hydrogen (secondary N) is 1. The predicted octanol–water partition coefficient (Wildman–Crippen LogP) is 3.69. The monoisotopic (exact) mass is 501 g/mol. The van der Waals surface area contributed by atoms with E-state index in [4.69, 9.17) is 0 Å². The van der Waals surface area contributed by atoms with Gasteiger partial charge in [0, 0.05) is 13.1 Å². The third-order valence-corrected chi connectivity index (χ3v) is 7.04. The number of anilines is 1. The molecule has 2 aromatic rings. The maximum atomic E-state index is 13.7. The summed E-state index contributed by atoms with van der Waals surface area (Å²) in [5, 5.41) is 2.94. The number of hydrogen-bond acceptors (Lipinski definition) is 4. The second-order valence-electron chi connectivity index (χ2n) is 9.40. The van der Waals surface area contributed by atoms with Crippen LogP contribution in [0, 0.1) is 19.8 Å². The number of benzene rings is 2. The van der Waals surface area contributed by atoms with E-state index in [9.17, 15) is 18.0 Å². The lowest BCUT2D eigenvalue weighted by atomic mass is 10.1. The van der Waals surface area contributed by atoms with Crippen molar-refractivity contribution in [1.82, 2.24) is 10.2 Å². The van der Waals surface area contributed by atoms with Gasteiger partial charge in [-0.15, -0.1) is 0 Å². The zero-order valence-corrected chi connectivity index (χ0v) is 22.6. The molecule has 0 aromatic heterocycles. The minimum absolute atomic E-state index is 0.222. The maximum absolute atomic E-state index is 13.7. The van der Waals surface area contributed by atoms with Crippen LogP contribution in [0.25, 0.3) is 0 Å². The van der Waals surface area contributed by atoms with Crippen molar-refractivity contribution in [3.63, 3.8) is 0 Å². The summed E-state index contributed by atoms with van der Waals surface area (Å²) in [5.74, 6) is -0.351. The number of para-hydroxylation sites is 1. The Kier molecular flexibility index (Phi) is 10.3. The van der Waals surface area contributed by atoms with Gasteiger partial charge in [-0.25, -0.2) is 8.42 Å². The molecule has 0 fully saturated rings. The molecule has 2 aromatic carbocycles. The first-order chi connectivity index (χ1) is 16.5. The molecule has 0 aliphatic rings. The Bertz CT molecular complexity index is 1080. The summed E-state index contributed by atoms with van der Waals surface area (Å²) in [7, 11) is -3.75. The lowest BCUT2D eigenvalue weighted by Crippen LogP contribution is -2.53. The molecule has 1 atom stereocenters. The van der Waals surface area contributed by atoms with Crippen LogP contribution in [-0.4, -0.2) is 57.1 Å². The second kappa shape index (κ2) is 12.7. The van der Waals surface area contributed by atoms with Crippen LogP contribution in [0.5, 0.6) is 0 Å². The first kappa shape index (κ1) is 28.4. The smallest absolute Gasteiger partial charge is 0.244 e. The molecule has 0 aliphatic carbocycles. The highest BCUT2D eigenvalue weighted by molar-refractivity contribution is 7.92. The van der Waals surface area contributed by atoms with E-state index in [-0.39, 0.29) is 18.4 Å². The molecule has 35 heavy (non-hydrogen) atoms. The summed E-state index contributed by atoms with van der Waals surface area (Å²) in [6.07, 6.45) is 2.09. The Labute approximate surface area is 210 Å². The van der Waals surface area contributed by atoms with Gasteiger partial charge in [0.05, 0.1) is 11.9 Å². The molecule has 0 heterocycles. The Morgan fingerprint density at radius 1 is 0.971 bits per heavy atom. The van der Waals surface area contributed by atoms with E-state index in [1.807, 2.05) is 83.1 Å². The first-order valence-corrected chi connectivity index (χ1v) is 14.0. The van der Waals surface area contributed by atoms with E-state index < -0.39 is 22.0 Å². The molecule has 0 spiro atoms. The van der Waals surface area contributed by atoms with Crippen molar-refractivity contribution in [2.75, 3.05) is 30.2 Å². The van der Waals surface area contributed by atoms with Crippen LogP contribution in [0.3, 0.4) is 0 Å². The zero-order valence-electron chi connectivity index (χ0n) is 21.7. The van der Waals surface area contributed by atoms with E-state index in [0.29, 0.717) is 31.6 Å². The lowest BCUT2D eigenvalue weighted by molar-refractivity contribution is -0.139. The van der Waals surface area contributed by atoms with Gasteiger partial charge in [-0.1, -0.05) is 69.3 Å². The normalized spacial score (nSPS) is 12.3. The number of amides is 2. The summed E-state index contributed by atoms with van der Waals surface area (Å²) >= 11 is 0. The number of nitrogens with zero attached hydrogens (tertiary/aromatic N) is 2. The topological polar surface area (TPSA) is 86.8 Å². The van der Waals surface area contributed by atoms with Crippen molar-refractivity contribution in [2.24, 2.45) is 5.92 Å². The van der Waals surface area contributed by atoms with Gasteiger partial charge in [-0.05, 0) is 49.3 Å². The van der Waals surface area contributed by atoms with E-state index in [0.717, 1.165) is 27.3 Å². The average Bonchev–Trinajstić information content (AvgIpc) is 2.79. The Balaban J connectivity index is 2.40. The minimum atomic E-state index is -3.75. The number of hydrogen-bond donors (Lipinski definition) is 1. The van der Waals surface area contributed by atoms with E-state index in [1.54, 1.807) is 0 Å². The Hall–Kier alpha value is -2.87. The summed E-state index contributed by atoms with van der Waals surface area (Å²) in [6.45, 7) is 9.98. The van der Waals surface area contributed by atoms with Gasteiger partial charge < -0.3 is 10.2 Å². The first-order valence-electron chi connectivity index (χ1n) is 12.1. The van der Waals surface area contributed by atoms with Crippen LogP contribution in [0.1, 0.15) is 43.9 Å². The number of rotatable bonds is 12. The van der Waals surface area contributed by atoms with Gasteiger partial charge in [-0.2, -0.15) is 0 Å². The summed E-state index contributed by atoms with van der Waals surface area (Å²) in [4.78, 5) is 28.3. The van der Waals surface area contributed by atoms with Gasteiger partial charge in [0.25, 0.3) is 0 Å². The molecule has 0 unspecified atom stereocenters. The minimum Gasteiger partial charge on any atom is -0.354 e. The fourth-order valence-corrected chi connectivity index (χ4v) is 5.06. The highest BCUT2D eigenvalue weighted by Gasteiger charge is 2.32. The lowest BCUT2D eigenvalue weighted by Gasteiger charge is -2.33. The van der Waals surface area contributed by atoms with Crippen molar-refractivity contribution >= 4 is 27.5 Å². The molecular weight excluding hydrogens is 462 g/mol. The second-order valence-corrected chi connectivity index (χ2v) is 11.3. The third-order valence-electron chi connectivity index (χ3n) is 5.92. The largest absolute Gasteiger partial charge is 0.354 e. The molecule has 0 aliphatic heterocycles.